The van der Waals surface area contributed by atoms with Crippen molar-refractivity contribution in [2.45, 2.75) is 6.54 Å². The SMILES string of the molecule is O=c1[nH]cc(Br)c(=O)n1Cc1ccc(F)cc1F. The zero-order chi connectivity index (χ0) is 13.3. The van der Waals surface area contributed by atoms with E-state index in [1.165, 1.54) is 12.3 Å². The molecule has 0 amide bonds. The largest absolute Gasteiger partial charge is 0.328 e. The van der Waals surface area contributed by atoms with Crippen LogP contribution in [0, 0.1) is 11.6 Å². The number of nitrogens with zero attached hydrogens (tertiary/aromatic N) is 1. The van der Waals surface area contributed by atoms with Crippen LogP contribution in [0.15, 0.2) is 38.5 Å². The lowest BCUT2D eigenvalue weighted by Crippen LogP contribution is -2.35. The van der Waals surface area contributed by atoms with E-state index in [9.17, 15) is 18.4 Å². The van der Waals surface area contributed by atoms with E-state index < -0.39 is 22.9 Å². The van der Waals surface area contributed by atoms with Crippen LogP contribution in [0.4, 0.5) is 8.78 Å². The van der Waals surface area contributed by atoms with Gasteiger partial charge in [0.15, 0.2) is 0 Å². The lowest BCUT2D eigenvalue weighted by Gasteiger charge is -2.06. The van der Waals surface area contributed by atoms with Crippen molar-refractivity contribution < 1.29 is 8.78 Å². The highest BCUT2D eigenvalue weighted by Gasteiger charge is 2.09. The van der Waals surface area contributed by atoms with E-state index in [0.717, 1.165) is 10.6 Å². The van der Waals surface area contributed by atoms with Gasteiger partial charge >= 0.3 is 5.69 Å². The first-order valence-corrected chi connectivity index (χ1v) is 5.70. The molecule has 0 unspecified atom stereocenters. The first kappa shape index (κ1) is 12.7. The number of aromatic amines is 1. The fraction of sp³-hybridized carbons (Fsp3) is 0.0909. The maximum atomic E-state index is 13.4. The highest BCUT2D eigenvalue weighted by atomic mass is 79.9. The minimum Gasteiger partial charge on any atom is -0.313 e. The van der Waals surface area contributed by atoms with Crippen molar-refractivity contribution in [2.75, 3.05) is 0 Å². The Balaban J connectivity index is 2.50. The van der Waals surface area contributed by atoms with Crippen molar-refractivity contribution in [3.8, 4) is 0 Å². The number of H-pyrrole nitrogens is 1. The maximum Gasteiger partial charge on any atom is 0.328 e. The minimum absolute atomic E-state index is 0.0575. The van der Waals surface area contributed by atoms with Crippen molar-refractivity contribution in [3.05, 3.63) is 66.9 Å². The summed E-state index contributed by atoms with van der Waals surface area (Å²) in [5.41, 5.74) is -1.18. The first-order valence-electron chi connectivity index (χ1n) is 4.91. The predicted molar refractivity (Wildman–Crippen MR) is 64.5 cm³/mol. The number of benzene rings is 1. The summed E-state index contributed by atoms with van der Waals surface area (Å²) >= 11 is 2.97. The van der Waals surface area contributed by atoms with Crippen LogP contribution in [0.1, 0.15) is 5.56 Å². The van der Waals surface area contributed by atoms with Crippen molar-refractivity contribution in [1.29, 1.82) is 0 Å². The third-order valence-corrected chi connectivity index (χ3v) is 2.93. The second kappa shape index (κ2) is 4.85. The Hall–Kier alpha value is -1.76. The summed E-state index contributed by atoms with van der Waals surface area (Å²) < 4.78 is 27.1. The topological polar surface area (TPSA) is 54.9 Å². The van der Waals surface area contributed by atoms with Gasteiger partial charge in [0.25, 0.3) is 5.56 Å². The van der Waals surface area contributed by atoms with Crippen molar-refractivity contribution >= 4 is 15.9 Å². The van der Waals surface area contributed by atoms with Gasteiger partial charge in [-0.25, -0.2) is 13.6 Å². The summed E-state index contributed by atoms with van der Waals surface area (Å²) in [6, 6.07) is 2.96. The van der Waals surface area contributed by atoms with Gasteiger partial charge in [0.2, 0.25) is 0 Å². The highest BCUT2D eigenvalue weighted by molar-refractivity contribution is 9.10. The summed E-state index contributed by atoms with van der Waals surface area (Å²) in [4.78, 5) is 25.5. The van der Waals surface area contributed by atoms with Crippen LogP contribution in [0.2, 0.25) is 0 Å². The molecule has 0 saturated carbocycles. The van der Waals surface area contributed by atoms with E-state index in [4.69, 9.17) is 0 Å². The van der Waals surface area contributed by atoms with Gasteiger partial charge in [-0.15, -0.1) is 0 Å². The van der Waals surface area contributed by atoms with Gasteiger partial charge in [0.05, 0.1) is 11.0 Å². The molecule has 0 bridgehead atoms. The number of halogens is 3. The summed E-state index contributed by atoms with van der Waals surface area (Å²) in [5, 5.41) is 0. The second-order valence-electron chi connectivity index (χ2n) is 3.57. The third kappa shape index (κ3) is 2.40. The smallest absolute Gasteiger partial charge is 0.313 e. The van der Waals surface area contributed by atoms with Crippen molar-refractivity contribution in [1.82, 2.24) is 9.55 Å². The molecular formula is C11H7BrF2N2O2. The van der Waals surface area contributed by atoms with Gasteiger partial charge in [-0.05, 0) is 22.0 Å². The number of rotatable bonds is 2. The lowest BCUT2D eigenvalue weighted by molar-refractivity contribution is 0.560. The van der Waals surface area contributed by atoms with Crippen molar-refractivity contribution in [2.24, 2.45) is 0 Å². The Kier molecular flexibility index (Phi) is 3.42. The number of hydrogen-bond donors (Lipinski definition) is 1. The van der Waals surface area contributed by atoms with Crippen LogP contribution in [-0.2, 0) is 6.54 Å². The van der Waals surface area contributed by atoms with Gasteiger partial charge in [0.1, 0.15) is 11.6 Å². The zero-order valence-corrected chi connectivity index (χ0v) is 10.5. The molecule has 0 aliphatic heterocycles. The van der Waals surface area contributed by atoms with Crippen molar-refractivity contribution in [3.63, 3.8) is 0 Å². The average Bonchev–Trinajstić information content (AvgIpc) is 2.32. The van der Waals surface area contributed by atoms with Crippen LogP contribution in [0.25, 0.3) is 0 Å². The van der Waals surface area contributed by atoms with E-state index in [-0.39, 0.29) is 16.6 Å². The van der Waals surface area contributed by atoms with Gasteiger partial charge in [-0.1, -0.05) is 6.07 Å². The van der Waals surface area contributed by atoms with Crippen LogP contribution < -0.4 is 11.2 Å². The fourth-order valence-corrected chi connectivity index (χ4v) is 1.78. The molecule has 7 heteroatoms. The molecule has 0 saturated heterocycles. The molecule has 0 fully saturated rings. The Morgan fingerprint density at radius 1 is 1.28 bits per heavy atom. The molecule has 0 aliphatic rings. The molecule has 2 rings (SSSR count). The van der Waals surface area contributed by atoms with Crippen LogP contribution in [0.3, 0.4) is 0 Å². The van der Waals surface area contributed by atoms with Gasteiger partial charge < -0.3 is 4.98 Å². The maximum absolute atomic E-state index is 13.4. The molecule has 1 heterocycles. The molecule has 0 spiro atoms. The van der Waals surface area contributed by atoms with Crippen LogP contribution in [-0.4, -0.2) is 9.55 Å². The molecule has 0 aliphatic carbocycles. The molecule has 0 atom stereocenters. The Morgan fingerprint density at radius 2 is 2.00 bits per heavy atom. The molecule has 2 aromatic rings. The normalized spacial score (nSPS) is 10.6. The van der Waals surface area contributed by atoms with E-state index >= 15 is 0 Å². The Bertz CT molecular complexity index is 709. The predicted octanol–water partition coefficient (Wildman–Crippen LogP) is 1.63. The number of hydrogen-bond acceptors (Lipinski definition) is 2. The summed E-state index contributed by atoms with van der Waals surface area (Å²) in [7, 11) is 0. The Labute approximate surface area is 108 Å². The second-order valence-corrected chi connectivity index (χ2v) is 4.42. The lowest BCUT2D eigenvalue weighted by atomic mass is 10.2. The molecule has 4 nitrogen and oxygen atoms in total. The number of nitrogens with one attached hydrogen (secondary N) is 1. The standard InChI is InChI=1S/C11H7BrF2N2O2/c12-8-4-15-11(18)16(10(8)17)5-6-1-2-7(13)3-9(6)14/h1-4H,5H2,(H,15,18). The Morgan fingerprint density at radius 3 is 2.67 bits per heavy atom. The molecule has 1 aromatic carbocycles. The quantitative estimate of drug-likeness (QED) is 0.915. The van der Waals surface area contributed by atoms with Gasteiger partial charge in [-0.3, -0.25) is 9.36 Å². The molecule has 18 heavy (non-hydrogen) atoms. The monoisotopic (exact) mass is 316 g/mol. The summed E-state index contributed by atoms with van der Waals surface area (Å²) in [5.74, 6) is -1.52. The minimum atomic E-state index is -0.804. The third-order valence-electron chi connectivity index (χ3n) is 2.36. The molecule has 1 N–H and O–H groups in total. The number of aromatic nitrogens is 2. The van der Waals surface area contributed by atoms with E-state index in [2.05, 4.69) is 20.9 Å². The van der Waals surface area contributed by atoms with E-state index in [1.54, 1.807) is 0 Å². The van der Waals surface area contributed by atoms with Gasteiger partial charge in [0, 0.05) is 17.8 Å². The fourth-order valence-electron chi connectivity index (χ4n) is 1.45. The van der Waals surface area contributed by atoms with Gasteiger partial charge in [-0.2, -0.15) is 0 Å². The molecule has 1 aromatic heterocycles. The summed E-state index contributed by atoms with van der Waals surface area (Å²) in [6.07, 6.45) is 1.21. The van der Waals surface area contributed by atoms with E-state index in [0.29, 0.717) is 6.07 Å². The summed E-state index contributed by atoms with van der Waals surface area (Å²) in [6.45, 7) is -0.264. The zero-order valence-electron chi connectivity index (χ0n) is 8.91. The average molecular weight is 317 g/mol. The highest BCUT2D eigenvalue weighted by Crippen LogP contribution is 2.10. The first-order chi connectivity index (χ1) is 8.49. The molecule has 94 valence electrons. The van der Waals surface area contributed by atoms with Crippen LogP contribution in [0.5, 0.6) is 0 Å². The molecule has 0 radical (unpaired) electrons. The van der Waals surface area contributed by atoms with E-state index in [1.807, 2.05) is 0 Å². The molecular weight excluding hydrogens is 310 g/mol. The van der Waals surface area contributed by atoms with Crippen LogP contribution >= 0.6 is 15.9 Å².